The SMILES string of the molecule is COc1ccc(COC/C=C/CC[N+](=O)[O-])cc1. The van der Waals surface area contributed by atoms with Crippen LogP contribution in [0.5, 0.6) is 5.75 Å². The second kappa shape index (κ2) is 8.25. The van der Waals surface area contributed by atoms with Crippen LogP contribution in [-0.2, 0) is 11.3 Å². The molecule has 0 atom stereocenters. The lowest BCUT2D eigenvalue weighted by atomic mass is 10.2. The highest BCUT2D eigenvalue weighted by atomic mass is 16.6. The van der Waals surface area contributed by atoms with Crippen molar-refractivity contribution in [3.8, 4) is 5.75 Å². The van der Waals surface area contributed by atoms with Gasteiger partial charge < -0.3 is 9.47 Å². The average Bonchev–Trinajstić information content (AvgIpc) is 2.38. The number of hydrogen-bond acceptors (Lipinski definition) is 4. The molecular formula is C13H17NO4. The summed E-state index contributed by atoms with van der Waals surface area (Å²) in [5.74, 6) is 0.818. The smallest absolute Gasteiger partial charge is 0.207 e. The van der Waals surface area contributed by atoms with Crippen molar-refractivity contribution in [1.29, 1.82) is 0 Å². The summed E-state index contributed by atoms with van der Waals surface area (Å²) in [6.45, 7) is 0.947. The van der Waals surface area contributed by atoms with Crippen molar-refractivity contribution in [2.45, 2.75) is 13.0 Å². The van der Waals surface area contributed by atoms with Crippen LogP contribution in [0.2, 0.25) is 0 Å². The van der Waals surface area contributed by atoms with E-state index in [0.717, 1.165) is 11.3 Å². The highest BCUT2D eigenvalue weighted by molar-refractivity contribution is 5.26. The molecule has 0 aliphatic rings. The third-order valence-electron chi connectivity index (χ3n) is 2.29. The Labute approximate surface area is 106 Å². The van der Waals surface area contributed by atoms with Crippen LogP contribution >= 0.6 is 0 Å². The molecule has 1 aromatic carbocycles. The molecule has 5 heteroatoms. The van der Waals surface area contributed by atoms with Gasteiger partial charge in [0.25, 0.3) is 0 Å². The van der Waals surface area contributed by atoms with Gasteiger partial charge in [0.15, 0.2) is 0 Å². The summed E-state index contributed by atoms with van der Waals surface area (Å²) >= 11 is 0. The third-order valence-corrected chi connectivity index (χ3v) is 2.29. The zero-order valence-electron chi connectivity index (χ0n) is 10.4. The van der Waals surface area contributed by atoms with Gasteiger partial charge in [-0.1, -0.05) is 24.3 Å². The minimum atomic E-state index is -0.331. The number of rotatable bonds is 8. The predicted octanol–water partition coefficient (Wildman–Crippen LogP) is 2.43. The third kappa shape index (κ3) is 6.00. The molecule has 98 valence electrons. The fourth-order valence-electron chi connectivity index (χ4n) is 1.33. The molecule has 0 aliphatic carbocycles. The van der Waals surface area contributed by atoms with E-state index in [9.17, 15) is 10.1 Å². The van der Waals surface area contributed by atoms with E-state index in [1.54, 1.807) is 19.3 Å². The molecule has 1 rings (SSSR count). The molecule has 0 bridgehead atoms. The number of nitrogens with zero attached hydrogens (tertiary/aromatic N) is 1. The lowest BCUT2D eigenvalue weighted by Gasteiger charge is -2.03. The van der Waals surface area contributed by atoms with Crippen LogP contribution in [0.15, 0.2) is 36.4 Å². The maximum Gasteiger partial charge on any atom is 0.207 e. The van der Waals surface area contributed by atoms with Crippen LogP contribution in [0.3, 0.4) is 0 Å². The highest BCUT2D eigenvalue weighted by Gasteiger charge is 1.94. The topological polar surface area (TPSA) is 61.6 Å². The summed E-state index contributed by atoms with van der Waals surface area (Å²) in [7, 11) is 1.63. The van der Waals surface area contributed by atoms with Gasteiger partial charge in [0, 0.05) is 11.3 Å². The molecule has 0 spiro atoms. The maximum atomic E-state index is 10.1. The summed E-state index contributed by atoms with van der Waals surface area (Å²) in [4.78, 5) is 9.72. The first-order valence-corrected chi connectivity index (χ1v) is 5.70. The van der Waals surface area contributed by atoms with E-state index < -0.39 is 0 Å². The Bertz CT molecular complexity index is 386. The molecule has 0 aliphatic heterocycles. The Hall–Kier alpha value is -1.88. The van der Waals surface area contributed by atoms with Crippen LogP contribution in [0.4, 0.5) is 0 Å². The van der Waals surface area contributed by atoms with Crippen LogP contribution in [0, 0.1) is 10.1 Å². The molecule has 0 saturated carbocycles. The number of ether oxygens (including phenoxy) is 2. The molecule has 0 heterocycles. The van der Waals surface area contributed by atoms with Gasteiger partial charge in [0.2, 0.25) is 6.54 Å². The van der Waals surface area contributed by atoms with Gasteiger partial charge in [0.1, 0.15) is 5.75 Å². The fourth-order valence-corrected chi connectivity index (χ4v) is 1.33. The zero-order chi connectivity index (χ0) is 13.2. The van der Waals surface area contributed by atoms with Crippen LogP contribution in [-0.4, -0.2) is 25.2 Å². The largest absolute Gasteiger partial charge is 0.497 e. The molecule has 0 unspecified atom stereocenters. The number of benzene rings is 1. The summed E-state index contributed by atoms with van der Waals surface area (Å²) in [5, 5.41) is 10.1. The normalized spacial score (nSPS) is 10.7. The summed E-state index contributed by atoms with van der Waals surface area (Å²) in [6, 6.07) is 7.64. The first-order chi connectivity index (χ1) is 8.72. The van der Waals surface area contributed by atoms with Crippen LogP contribution in [0.25, 0.3) is 0 Å². The predicted molar refractivity (Wildman–Crippen MR) is 68.3 cm³/mol. The average molecular weight is 251 g/mol. The molecular weight excluding hydrogens is 234 g/mol. The Morgan fingerprint density at radius 1 is 1.28 bits per heavy atom. The van der Waals surface area contributed by atoms with Crippen molar-refractivity contribution in [1.82, 2.24) is 0 Å². The van der Waals surface area contributed by atoms with Crippen LogP contribution < -0.4 is 4.74 Å². The molecule has 0 fully saturated rings. The number of nitro groups is 1. The second-order valence-corrected chi connectivity index (χ2v) is 3.68. The van der Waals surface area contributed by atoms with E-state index in [1.807, 2.05) is 24.3 Å². The van der Waals surface area contributed by atoms with Crippen molar-refractivity contribution in [2.75, 3.05) is 20.3 Å². The van der Waals surface area contributed by atoms with E-state index in [0.29, 0.717) is 19.6 Å². The molecule has 0 N–H and O–H groups in total. The monoisotopic (exact) mass is 251 g/mol. The van der Waals surface area contributed by atoms with E-state index in [2.05, 4.69) is 0 Å². The molecule has 5 nitrogen and oxygen atoms in total. The Balaban J connectivity index is 2.15. The van der Waals surface area contributed by atoms with Gasteiger partial charge in [-0.25, -0.2) is 0 Å². The van der Waals surface area contributed by atoms with Crippen molar-refractivity contribution in [3.63, 3.8) is 0 Å². The molecule has 0 aromatic heterocycles. The summed E-state index contributed by atoms with van der Waals surface area (Å²) < 4.78 is 10.5. The van der Waals surface area contributed by atoms with Gasteiger partial charge in [-0.15, -0.1) is 0 Å². The van der Waals surface area contributed by atoms with E-state index >= 15 is 0 Å². The highest BCUT2D eigenvalue weighted by Crippen LogP contribution is 2.11. The zero-order valence-corrected chi connectivity index (χ0v) is 10.4. The standard InChI is InChI=1S/C13H17NO4/c1-17-13-7-5-12(6-8-13)11-18-10-4-2-3-9-14(15)16/h2,4-8H,3,9-11H2,1H3/b4-2+. The molecule has 18 heavy (non-hydrogen) atoms. The Morgan fingerprint density at radius 3 is 2.61 bits per heavy atom. The summed E-state index contributed by atoms with van der Waals surface area (Å²) in [6.07, 6.45) is 4.00. The number of methoxy groups -OCH3 is 1. The Morgan fingerprint density at radius 2 is 2.00 bits per heavy atom. The summed E-state index contributed by atoms with van der Waals surface area (Å²) in [5.41, 5.74) is 1.06. The van der Waals surface area contributed by atoms with Crippen molar-refractivity contribution >= 4 is 0 Å². The second-order valence-electron chi connectivity index (χ2n) is 3.68. The van der Waals surface area contributed by atoms with E-state index in [1.165, 1.54) is 0 Å². The van der Waals surface area contributed by atoms with Gasteiger partial charge in [-0.2, -0.15) is 0 Å². The Kier molecular flexibility index (Phi) is 6.50. The van der Waals surface area contributed by atoms with Gasteiger partial charge >= 0.3 is 0 Å². The maximum absolute atomic E-state index is 10.1. The molecule has 0 radical (unpaired) electrons. The molecule has 1 aromatic rings. The quantitative estimate of drug-likeness (QED) is 0.308. The molecule has 0 saturated heterocycles. The lowest BCUT2D eigenvalue weighted by molar-refractivity contribution is -0.478. The minimum absolute atomic E-state index is 0.0328. The minimum Gasteiger partial charge on any atom is -0.497 e. The van der Waals surface area contributed by atoms with Gasteiger partial charge in [0.05, 0.1) is 20.3 Å². The van der Waals surface area contributed by atoms with E-state index in [4.69, 9.17) is 9.47 Å². The van der Waals surface area contributed by atoms with Crippen molar-refractivity contribution in [2.24, 2.45) is 0 Å². The first kappa shape index (κ1) is 14.2. The number of hydrogen-bond donors (Lipinski definition) is 0. The van der Waals surface area contributed by atoms with Crippen molar-refractivity contribution in [3.05, 3.63) is 52.1 Å². The van der Waals surface area contributed by atoms with Gasteiger partial charge in [-0.05, 0) is 17.7 Å². The lowest BCUT2D eigenvalue weighted by Crippen LogP contribution is -1.98. The first-order valence-electron chi connectivity index (χ1n) is 5.70. The molecule has 0 amide bonds. The van der Waals surface area contributed by atoms with Crippen LogP contribution in [0.1, 0.15) is 12.0 Å². The van der Waals surface area contributed by atoms with E-state index in [-0.39, 0.29) is 11.5 Å². The fraction of sp³-hybridized carbons (Fsp3) is 0.385. The van der Waals surface area contributed by atoms with Gasteiger partial charge in [-0.3, -0.25) is 10.1 Å². The van der Waals surface area contributed by atoms with Crippen molar-refractivity contribution < 1.29 is 14.4 Å².